The first kappa shape index (κ1) is 12.3. The van der Waals surface area contributed by atoms with Crippen LogP contribution in [-0.4, -0.2) is 34.3 Å². The highest BCUT2D eigenvalue weighted by Gasteiger charge is 2.26. The molecule has 5 nitrogen and oxygen atoms in total. The highest BCUT2D eigenvalue weighted by atomic mass is 15.3. The van der Waals surface area contributed by atoms with E-state index >= 15 is 0 Å². The molecule has 1 aromatic heterocycles. The molecule has 1 fully saturated rings. The normalized spacial score (nSPS) is 23.8. The van der Waals surface area contributed by atoms with Gasteiger partial charge in [0, 0.05) is 19.1 Å². The van der Waals surface area contributed by atoms with Crippen LogP contribution in [0.15, 0.2) is 24.3 Å². The van der Waals surface area contributed by atoms with E-state index in [9.17, 15) is 0 Å². The second-order valence-electron chi connectivity index (χ2n) is 5.17. The predicted molar refractivity (Wildman–Crippen MR) is 75.9 cm³/mol. The van der Waals surface area contributed by atoms with Gasteiger partial charge in [-0.25, -0.2) is 4.98 Å². The van der Waals surface area contributed by atoms with E-state index in [-0.39, 0.29) is 0 Å². The zero-order valence-corrected chi connectivity index (χ0v) is 11.2. The number of nitrogens with zero attached hydrogens (tertiary/aromatic N) is 4. The molecule has 3 rings (SSSR count). The lowest BCUT2D eigenvalue weighted by Gasteiger charge is -2.36. The average Bonchev–Trinajstić information content (AvgIpc) is 2.47. The zero-order valence-electron chi connectivity index (χ0n) is 11.2. The first-order valence-corrected chi connectivity index (χ1v) is 6.88. The number of rotatable bonds is 2. The van der Waals surface area contributed by atoms with Crippen molar-refractivity contribution in [2.45, 2.75) is 25.8 Å². The van der Waals surface area contributed by atoms with Crippen molar-refractivity contribution in [1.82, 2.24) is 15.2 Å². The summed E-state index contributed by atoms with van der Waals surface area (Å²) in [6.07, 6.45) is 2.09. The second kappa shape index (κ2) is 5.09. The van der Waals surface area contributed by atoms with Crippen LogP contribution in [0.4, 0.5) is 5.95 Å². The summed E-state index contributed by atoms with van der Waals surface area (Å²) in [5.41, 5.74) is 7.88. The summed E-state index contributed by atoms with van der Waals surface area (Å²) in [6, 6.07) is 8.13. The van der Waals surface area contributed by atoms with Crippen molar-refractivity contribution in [3.63, 3.8) is 0 Å². The van der Waals surface area contributed by atoms with E-state index in [1.54, 1.807) is 0 Å². The lowest BCUT2D eigenvalue weighted by atomic mass is 9.91. The molecular formula is C14H19N5. The summed E-state index contributed by atoms with van der Waals surface area (Å²) in [5, 5.41) is 8.49. The Bertz CT molecular complexity index is 571. The summed E-state index contributed by atoms with van der Waals surface area (Å²) in [6.45, 7) is 4.03. The third kappa shape index (κ3) is 2.38. The molecule has 0 bridgehead atoms. The Morgan fingerprint density at radius 2 is 2.05 bits per heavy atom. The molecule has 1 saturated heterocycles. The molecule has 1 aliphatic heterocycles. The Morgan fingerprint density at radius 3 is 2.84 bits per heavy atom. The Labute approximate surface area is 112 Å². The van der Waals surface area contributed by atoms with Crippen molar-refractivity contribution < 1.29 is 0 Å². The summed E-state index contributed by atoms with van der Waals surface area (Å²) < 4.78 is 0. The largest absolute Gasteiger partial charge is 0.339 e. The van der Waals surface area contributed by atoms with Gasteiger partial charge in [0.05, 0.1) is 5.52 Å². The number of hydrogen-bond acceptors (Lipinski definition) is 5. The number of para-hydroxylation sites is 1. The smallest absolute Gasteiger partial charge is 0.245 e. The first-order chi connectivity index (χ1) is 9.28. The molecule has 1 aromatic carbocycles. The highest BCUT2D eigenvalue weighted by Crippen LogP contribution is 2.22. The van der Waals surface area contributed by atoms with Gasteiger partial charge < -0.3 is 10.6 Å². The molecule has 0 radical (unpaired) electrons. The summed E-state index contributed by atoms with van der Waals surface area (Å²) in [7, 11) is 0. The Balaban J connectivity index is 1.87. The number of anilines is 1. The maximum absolute atomic E-state index is 6.14. The lowest BCUT2D eigenvalue weighted by Crippen LogP contribution is -2.47. The van der Waals surface area contributed by atoms with Gasteiger partial charge in [-0.15, -0.1) is 10.2 Å². The number of hydrogen-bond donors (Lipinski definition) is 1. The van der Waals surface area contributed by atoms with Gasteiger partial charge in [-0.1, -0.05) is 25.5 Å². The van der Waals surface area contributed by atoms with Crippen molar-refractivity contribution in [2.24, 2.45) is 11.7 Å². The average molecular weight is 257 g/mol. The second-order valence-corrected chi connectivity index (χ2v) is 5.17. The zero-order chi connectivity index (χ0) is 13.2. The van der Waals surface area contributed by atoms with Crippen LogP contribution in [0.1, 0.15) is 19.8 Å². The molecule has 2 heterocycles. The number of aromatic nitrogens is 3. The molecule has 2 N–H and O–H groups in total. The molecule has 19 heavy (non-hydrogen) atoms. The minimum atomic E-state index is 0.301. The predicted octanol–water partition coefficient (Wildman–Crippen LogP) is 1.59. The fourth-order valence-electron chi connectivity index (χ4n) is 2.67. The van der Waals surface area contributed by atoms with Crippen LogP contribution in [-0.2, 0) is 0 Å². The summed E-state index contributed by atoms with van der Waals surface area (Å²) >= 11 is 0. The minimum Gasteiger partial charge on any atom is -0.339 e. The molecule has 0 spiro atoms. The molecular weight excluding hydrogens is 238 g/mol. The van der Waals surface area contributed by atoms with E-state index in [2.05, 4.69) is 27.0 Å². The van der Waals surface area contributed by atoms with Crippen molar-refractivity contribution in [3.05, 3.63) is 24.3 Å². The van der Waals surface area contributed by atoms with Gasteiger partial charge in [0.15, 0.2) is 0 Å². The maximum Gasteiger partial charge on any atom is 0.245 e. The van der Waals surface area contributed by atoms with Gasteiger partial charge in [-0.3, -0.25) is 0 Å². The van der Waals surface area contributed by atoms with Crippen LogP contribution < -0.4 is 10.6 Å². The molecule has 0 saturated carbocycles. The molecule has 5 heteroatoms. The van der Waals surface area contributed by atoms with Crippen LogP contribution in [0.2, 0.25) is 0 Å². The van der Waals surface area contributed by atoms with E-state index < -0.39 is 0 Å². The van der Waals surface area contributed by atoms with Crippen molar-refractivity contribution in [2.75, 3.05) is 18.0 Å². The fraction of sp³-hybridized carbons (Fsp3) is 0.500. The standard InChI is InChI=1S/C14H19N5/c1-2-10-9-19(8-7-11(10)15)14-16-12-5-3-4-6-13(12)17-18-14/h3-6,10-11H,2,7-9,15H2,1H3. The minimum absolute atomic E-state index is 0.301. The summed E-state index contributed by atoms with van der Waals surface area (Å²) in [4.78, 5) is 6.81. The number of fused-ring (bicyclic) bond motifs is 1. The third-order valence-corrected chi connectivity index (χ3v) is 3.95. The molecule has 100 valence electrons. The highest BCUT2D eigenvalue weighted by molar-refractivity contribution is 5.74. The molecule has 2 unspecified atom stereocenters. The third-order valence-electron chi connectivity index (χ3n) is 3.95. The molecule has 1 aliphatic rings. The maximum atomic E-state index is 6.14. The van der Waals surface area contributed by atoms with Gasteiger partial charge in [0.1, 0.15) is 5.52 Å². The van der Waals surface area contributed by atoms with E-state index in [0.29, 0.717) is 12.0 Å². The van der Waals surface area contributed by atoms with Crippen molar-refractivity contribution in [1.29, 1.82) is 0 Å². The van der Waals surface area contributed by atoms with Crippen LogP contribution in [0, 0.1) is 5.92 Å². The van der Waals surface area contributed by atoms with Gasteiger partial charge in [0.2, 0.25) is 5.95 Å². The first-order valence-electron chi connectivity index (χ1n) is 6.88. The van der Waals surface area contributed by atoms with Gasteiger partial charge in [-0.2, -0.15) is 0 Å². The van der Waals surface area contributed by atoms with Crippen molar-refractivity contribution >= 4 is 17.0 Å². The van der Waals surface area contributed by atoms with Crippen LogP contribution in [0.5, 0.6) is 0 Å². The van der Waals surface area contributed by atoms with E-state index in [0.717, 1.165) is 42.9 Å². The summed E-state index contributed by atoms with van der Waals surface area (Å²) in [5.74, 6) is 1.24. The van der Waals surface area contributed by atoms with Crippen LogP contribution in [0.25, 0.3) is 11.0 Å². The van der Waals surface area contributed by atoms with E-state index in [1.807, 2.05) is 24.3 Å². The SMILES string of the molecule is CCC1CN(c2nnc3ccccc3n2)CCC1N. The Kier molecular flexibility index (Phi) is 3.29. The van der Waals surface area contributed by atoms with E-state index in [1.165, 1.54) is 0 Å². The number of nitrogens with two attached hydrogens (primary N) is 1. The lowest BCUT2D eigenvalue weighted by molar-refractivity contribution is 0.345. The van der Waals surface area contributed by atoms with Gasteiger partial charge in [0.25, 0.3) is 0 Å². The molecule has 0 amide bonds. The molecule has 2 aromatic rings. The van der Waals surface area contributed by atoms with Gasteiger partial charge in [-0.05, 0) is 24.5 Å². The van der Waals surface area contributed by atoms with Crippen LogP contribution >= 0.6 is 0 Å². The van der Waals surface area contributed by atoms with Crippen molar-refractivity contribution in [3.8, 4) is 0 Å². The molecule has 0 aliphatic carbocycles. The van der Waals surface area contributed by atoms with Gasteiger partial charge >= 0.3 is 0 Å². The monoisotopic (exact) mass is 257 g/mol. The molecule has 2 atom stereocenters. The number of piperidine rings is 1. The van der Waals surface area contributed by atoms with E-state index in [4.69, 9.17) is 5.73 Å². The van der Waals surface area contributed by atoms with Crippen LogP contribution in [0.3, 0.4) is 0 Å². The Morgan fingerprint density at radius 1 is 1.26 bits per heavy atom. The Hall–Kier alpha value is -1.75. The topological polar surface area (TPSA) is 67.9 Å². The quantitative estimate of drug-likeness (QED) is 0.884. The fourth-order valence-corrected chi connectivity index (χ4v) is 2.67. The number of benzene rings is 1.